The summed E-state index contributed by atoms with van der Waals surface area (Å²) in [5.74, 6) is 0.452. The van der Waals surface area contributed by atoms with Crippen molar-refractivity contribution in [2.45, 2.75) is 13.0 Å². The number of benzene rings is 2. The van der Waals surface area contributed by atoms with Crippen LogP contribution in [0.3, 0.4) is 0 Å². The molecule has 0 bridgehead atoms. The summed E-state index contributed by atoms with van der Waals surface area (Å²) in [6.45, 7) is 2.37. The summed E-state index contributed by atoms with van der Waals surface area (Å²) >= 11 is 0. The number of aliphatic hydroxyl groups excluding tert-OH is 1. The Morgan fingerprint density at radius 2 is 2.00 bits per heavy atom. The summed E-state index contributed by atoms with van der Waals surface area (Å²) in [4.78, 5) is 12.5. The zero-order valence-electron chi connectivity index (χ0n) is 15.4. The maximum absolute atomic E-state index is 12.5. The van der Waals surface area contributed by atoms with Gasteiger partial charge in [-0.05, 0) is 24.6 Å². The van der Waals surface area contributed by atoms with Crippen LogP contribution in [0.1, 0.15) is 27.8 Å². The molecule has 0 saturated carbocycles. The molecule has 3 rings (SSSR count). The van der Waals surface area contributed by atoms with Crippen LogP contribution in [0, 0.1) is 6.92 Å². The van der Waals surface area contributed by atoms with Gasteiger partial charge in [0.2, 0.25) is 0 Å². The van der Waals surface area contributed by atoms with E-state index >= 15 is 0 Å². The number of carbonyl (C=O) groups is 1. The lowest BCUT2D eigenvalue weighted by atomic mass is 10.1. The van der Waals surface area contributed by atoms with Crippen LogP contribution in [-0.4, -0.2) is 37.9 Å². The number of fused-ring (bicyclic) bond motifs is 1. The molecule has 0 aliphatic rings. The molecule has 0 aliphatic carbocycles. The number of amides is 1. The summed E-state index contributed by atoms with van der Waals surface area (Å²) < 4.78 is 16.6. The topological polar surface area (TPSA) is 80.9 Å². The molecule has 1 amide bonds. The maximum Gasteiger partial charge on any atom is 0.287 e. The van der Waals surface area contributed by atoms with Crippen molar-refractivity contribution in [1.29, 1.82) is 0 Å². The van der Waals surface area contributed by atoms with Gasteiger partial charge in [0.1, 0.15) is 0 Å². The second kappa shape index (κ2) is 8.70. The number of carbonyl (C=O) groups excluding carboxylic acids is 1. The molecule has 142 valence electrons. The molecule has 2 aromatic carbocycles. The van der Waals surface area contributed by atoms with Gasteiger partial charge >= 0.3 is 0 Å². The Morgan fingerprint density at radius 3 is 2.70 bits per heavy atom. The van der Waals surface area contributed by atoms with Crippen LogP contribution in [0.15, 0.2) is 52.9 Å². The van der Waals surface area contributed by atoms with Crippen molar-refractivity contribution in [1.82, 2.24) is 5.32 Å². The van der Waals surface area contributed by atoms with Crippen molar-refractivity contribution in [2.75, 3.05) is 26.9 Å². The zero-order chi connectivity index (χ0) is 19.2. The molecule has 2 N–H and O–H groups in total. The fourth-order valence-electron chi connectivity index (χ4n) is 2.83. The summed E-state index contributed by atoms with van der Waals surface area (Å²) in [5, 5.41) is 12.7. The van der Waals surface area contributed by atoms with Crippen LogP contribution in [-0.2, 0) is 4.74 Å². The number of methoxy groups -OCH3 is 1. The Balaban J connectivity index is 1.72. The predicted molar refractivity (Wildman–Crippen MR) is 102 cm³/mol. The Morgan fingerprint density at radius 1 is 1.22 bits per heavy atom. The molecule has 1 unspecified atom stereocenters. The largest absolute Gasteiger partial charge is 0.493 e. The number of nitrogens with one attached hydrogen (secondary N) is 1. The van der Waals surface area contributed by atoms with Crippen LogP contribution in [0.4, 0.5) is 0 Å². The van der Waals surface area contributed by atoms with E-state index in [9.17, 15) is 4.79 Å². The highest BCUT2D eigenvalue weighted by Crippen LogP contribution is 2.28. The van der Waals surface area contributed by atoms with Crippen LogP contribution >= 0.6 is 0 Å². The van der Waals surface area contributed by atoms with Gasteiger partial charge in [-0.25, -0.2) is 0 Å². The lowest BCUT2D eigenvalue weighted by molar-refractivity contribution is 0.0275. The van der Waals surface area contributed by atoms with Crippen LogP contribution in [0.2, 0.25) is 0 Å². The van der Waals surface area contributed by atoms with Gasteiger partial charge in [-0.1, -0.05) is 42.0 Å². The molecule has 27 heavy (non-hydrogen) atoms. The minimum absolute atomic E-state index is 0.0837. The summed E-state index contributed by atoms with van der Waals surface area (Å²) in [7, 11) is 1.56. The van der Waals surface area contributed by atoms with Crippen LogP contribution in [0.5, 0.6) is 5.75 Å². The van der Waals surface area contributed by atoms with E-state index < -0.39 is 0 Å². The highest BCUT2D eigenvalue weighted by atomic mass is 16.5. The maximum atomic E-state index is 12.5. The van der Waals surface area contributed by atoms with Gasteiger partial charge in [0.05, 0.1) is 26.4 Å². The standard InChI is InChI=1S/C21H23NO5/c1-14-6-8-15(9-7-14)19(26-11-10-23)13-22-21(24)18-12-16-4-3-5-17(25-2)20(16)27-18/h3-9,12,19,23H,10-11,13H2,1-2H3,(H,22,24). The SMILES string of the molecule is COc1cccc2cc(C(=O)NCC(OCCO)c3ccc(C)cc3)oc12. The van der Waals surface area contributed by atoms with E-state index in [-0.39, 0.29) is 37.5 Å². The zero-order valence-corrected chi connectivity index (χ0v) is 15.4. The van der Waals surface area contributed by atoms with Gasteiger partial charge < -0.3 is 24.3 Å². The van der Waals surface area contributed by atoms with Crippen molar-refractivity contribution >= 4 is 16.9 Å². The second-order valence-electron chi connectivity index (χ2n) is 6.19. The number of rotatable bonds is 8. The number of hydrogen-bond acceptors (Lipinski definition) is 5. The second-order valence-corrected chi connectivity index (χ2v) is 6.19. The summed E-state index contributed by atoms with van der Waals surface area (Å²) in [6, 6.07) is 15.0. The van der Waals surface area contributed by atoms with Crippen molar-refractivity contribution in [3.63, 3.8) is 0 Å². The van der Waals surface area contributed by atoms with E-state index in [1.54, 1.807) is 19.2 Å². The first-order chi connectivity index (χ1) is 13.1. The van der Waals surface area contributed by atoms with Gasteiger partial charge in [0.25, 0.3) is 5.91 Å². The lowest BCUT2D eigenvalue weighted by Crippen LogP contribution is -2.29. The molecule has 6 heteroatoms. The minimum Gasteiger partial charge on any atom is -0.493 e. The first-order valence-electron chi connectivity index (χ1n) is 8.76. The minimum atomic E-state index is -0.361. The van der Waals surface area contributed by atoms with E-state index in [1.165, 1.54) is 0 Å². The molecule has 0 spiro atoms. The summed E-state index contributed by atoms with van der Waals surface area (Å²) in [6.07, 6.45) is -0.361. The van der Waals surface area contributed by atoms with Gasteiger partial charge in [0, 0.05) is 11.9 Å². The molecular formula is C21H23NO5. The third-order valence-corrected chi connectivity index (χ3v) is 4.26. The molecule has 0 radical (unpaired) electrons. The summed E-state index contributed by atoms with van der Waals surface area (Å²) in [5.41, 5.74) is 2.61. The Bertz CT molecular complexity index is 901. The number of furan rings is 1. The fraction of sp³-hybridized carbons (Fsp3) is 0.286. The Hall–Kier alpha value is -2.83. The number of aryl methyl sites for hydroxylation is 1. The average molecular weight is 369 g/mol. The predicted octanol–water partition coefficient (Wildman–Crippen LogP) is 3.23. The smallest absolute Gasteiger partial charge is 0.287 e. The number of hydrogen-bond donors (Lipinski definition) is 2. The molecular weight excluding hydrogens is 346 g/mol. The lowest BCUT2D eigenvalue weighted by Gasteiger charge is -2.18. The third kappa shape index (κ3) is 4.48. The number of para-hydroxylation sites is 1. The molecule has 0 aliphatic heterocycles. The van der Waals surface area contributed by atoms with E-state index in [4.69, 9.17) is 19.0 Å². The quantitative estimate of drug-likeness (QED) is 0.637. The number of ether oxygens (including phenoxy) is 2. The van der Waals surface area contributed by atoms with E-state index in [2.05, 4.69) is 5.32 Å². The Labute approximate surface area is 157 Å². The van der Waals surface area contributed by atoms with Crippen molar-refractivity contribution < 1.29 is 23.8 Å². The third-order valence-electron chi connectivity index (χ3n) is 4.26. The van der Waals surface area contributed by atoms with Gasteiger partial charge in [0.15, 0.2) is 17.1 Å². The molecule has 0 saturated heterocycles. The van der Waals surface area contributed by atoms with Crippen LogP contribution < -0.4 is 10.1 Å². The highest BCUT2D eigenvalue weighted by molar-refractivity contribution is 5.97. The molecule has 1 aromatic heterocycles. The molecule has 1 heterocycles. The first-order valence-corrected chi connectivity index (χ1v) is 8.76. The van der Waals surface area contributed by atoms with Gasteiger partial charge in [-0.2, -0.15) is 0 Å². The van der Waals surface area contributed by atoms with E-state index in [1.807, 2.05) is 43.3 Å². The highest BCUT2D eigenvalue weighted by Gasteiger charge is 2.18. The molecule has 1 atom stereocenters. The van der Waals surface area contributed by atoms with Crippen molar-refractivity contribution in [3.05, 3.63) is 65.4 Å². The van der Waals surface area contributed by atoms with E-state index in [0.717, 1.165) is 16.5 Å². The van der Waals surface area contributed by atoms with E-state index in [0.29, 0.717) is 11.3 Å². The fourth-order valence-corrected chi connectivity index (χ4v) is 2.83. The van der Waals surface area contributed by atoms with Crippen molar-refractivity contribution in [3.8, 4) is 5.75 Å². The van der Waals surface area contributed by atoms with Gasteiger partial charge in [-0.15, -0.1) is 0 Å². The molecule has 6 nitrogen and oxygen atoms in total. The number of aliphatic hydroxyl groups is 1. The first kappa shape index (κ1) is 18.9. The van der Waals surface area contributed by atoms with Crippen molar-refractivity contribution in [2.24, 2.45) is 0 Å². The monoisotopic (exact) mass is 369 g/mol. The molecule has 3 aromatic rings. The van der Waals surface area contributed by atoms with Gasteiger partial charge in [-0.3, -0.25) is 4.79 Å². The molecule has 0 fully saturated rings. The van der Waals surface area contributed by atoms with Crippen LogP contribution in [0.25, 0.3) is 11.0 Å². The average Bonchev–Trinajstić information content (AvgIpc) is 3.13. The normalized spacial score (nSPS) is 12.1. The Kier molecular flexibility index (Phi) is 6.11.